The predicted octanol–water partition coefficient (Wildman–Crippen LogP) is 4.10. The number of hydrogen-bond acceptors (Lipinski definition) is 5. The van der Waals surface area contributed by atoms with Crippen LogP contribution in [0.5, 0.6) is 0 Å². The molecule has 158 valence electrons. The lowest BCUT2D eigenvalue weighted by molar-refractivity contribution is -0.680. The fourth-order valence-electron chi connectivity index (χ4n) is 6.56. The molecule has 1 saturated heterocycles. The summed E-state index contributed by atoms with van der Waals surface area (Å²) >= 11 is 0. The maximum absolute atomic E-state index is 12.1. The third-order valence-electron chi connectivity index (χ3n) is 7.97. The number of amides is 1. The molecule has 0 aromatic rings. The number of rotatable bonds is 4. The van der Waals surface area contributed by atoms with Crippen molar-refractivity contribution in [3.63, 3.8) is 0 Å². The van der Waals surface area contributed by atoms with Crippen LogP contribution in [0.4, 0.5) is 0 Å². The highest BCUT2D eigenvalue weighted by Gasteiger charge is 2.64. The van der Waals surface area contributed by atoms with Gasteiger partial charge < -0.3 is 5.32 Å². The van der Waals surface area contributed by atoms with Crippen molar-refractivity contribution < 1.29 is 24.3 Å². The topological polar surface area (TPSA) is 66.0 Å². The summed E-state index contributed by atoms with van der Waals surface area (Å²) in [6, 6.07) is 0. The second-order valence-corrected chi connectivity index (χ2v) is 10.6. The summed E-state index contributed by atoms with van der Waals surface area (Å²) < 4.78 is 0. The van der Waals surface area contributed by atoms with Gasteiger partial charge in [0.25, 0.3) is 0 Å². The lowest BCUT2D eigenvalue weighted by Gasteiger charge is -2.60. The van der Waals surface area contributed by atoms with E-state index in [9.17, 15) is 4.79 Å². The van der Waals surface area contributed by atoms with Crippen molar-refractivity contribution in [2.75, 3.05) is 6.54 Å². The summed E-state index contributed by atoms with van der Waals surface area (Å²) in [5.74, 6) is 2.04. The Morgan fingerprint density at radius 1 is 0.929 bits per heavy atom. The summed E-state index contributed by atoms with van der Waals surface area (Å²) in [6.45, 7) is 4.97. The van der Waals surface area contributed by atoms with E-state index < -0.39 is 11.6 Å². The van der Waals surface area contributed by atoms with Crippen LogP contribution in [0.15, 0.2) is 0 Å². The summed E-state index contributed by atoms with van der Waals surface area (Å²) in [4.78, 5) is 36.2. The number of nitrogens with one attached hydrogen (secondary N) is 1. The van der Waals surface area contributed by atoms with Gasteiger partial charge in [-0.2, -0.15) is 19.6 Å². The SMILES string of the molecule is CC(C)CNC(=O)CC1CCC2(CC1)OOC1(OO2)C2CC3CC(C2)CC1C3. The first kappa shape index (κ1) is 19.3. The highest BCUT2D eigenvalue weighted by Crippen LogP contribution is 2.61. The Bertz CT molecular complexity index is 558. The molecule has 28 heavy (non-hydrogen) atoms. The molecule has 0 aromatic carbocycles. The Hall–Kier alpha value is -0.690. The lowest BCUT2D eigenvalue weighted by atomic mass is 9.53. The molecule has 0 unspecified atom stereocenters. The predicted molar refractivity (Wildman–Crippen MR) is 101 cm³/mol. The zero-order chi connectivity index (χ0) is 19.4. The standard InChI is InChI=1S/C22H35NO5/c1-14(2)13-23-20(24)12-15-3-5-21(6-4-15)25-27-22(28-26-21)18-8-16-7-17(10-18)11-19(22)9-16/h14-19H,3-13H2,1-2H3,(H,23,24). The van der Waals surface area contributed by atoms with Crippen molar-refractivity contribution in [1.82, 2.24) is 5.32 Å². The summed E-state index contributed by atoms with van der Waals surface area (Å²) in [5.41, 5.74) is 0. The highest BCUT2D eigenvalue weighted by atomic mass is 17.4. The van der Waals surface area contributed by atoms with Crippen molar-refractivity contribution in [3.8, 4) is 0 Å². The van der Waals surface area contributed by atoms with Gasteiger partial charge in [0, 0.05) is 37.6 Å². The van der Waals surface area contributed by atoms with Crippen LogP contribution in [0.25, 0.3) is 0 Å². The van der Waals surface area contributed by atoms with Crippen LogP contribution in [0.3, 0.4) is 0 Å². The Balaban J connectivity index is 1.13. The molecule has 5 saturated carbocycles. The third-order valence-corrected chi connectivity index (χ3v) is 7.97. The maximum atomic E-state index is 12.1. The van der Waals surface area contributed by atoms with Crippen LogP contribution in [-0.2, 0) is 24.3 Å². The van der Waals surface area contributed by atoms with Crippen molar-refractivity contribution in [1.29, 1.82) is 0 Å². The molecular formula is C22H35NO5. The van der Waals surface area contributed by atoms with Gasteiger partial charge in [-0.15, -0.1) is 0 Å². The zero-order valence-corrected chi connectivity index (χ0v) is 17.3. The molecular weight excluding hydrogens is 358 g/mol. The Labute approximate surface area is 167 Å². The molecule has 0 atom stereocenters. The molecule has 6 fully saturated rings. The molecule has 1 amide bonds. The van der Waals surface area contributed by atoms with Crippen molar-refractivity contribution in [2.45, 2.75) is 89.6 Å². The average molecular weight is 394 g/mol. The highest BCUT2D eigenvalue weighted by molar-refractivity contribution is 5.76. The first-order valence-corrected chi connectivity index (χ1v) is 11.5. The molecule has 2 spiro atoms. The lowest BCUT2D eigenvalue weighted by Crippen LogP contribution is -2.64. The maximum Gasteiger partial charge on any atom is 0.239 e. The molecule has 5 aliphatic carbocycles. The molecule has 1 N–H and O–H groups in total. The number of carbonyl (C=O) groups excluding carboxylic acids is 1. The molecule has 4 bridgehead atoms. The average Bonchev–Trinajstić information content (AvgIpc) is 2.67. The summed E-state index contributed by atoms with van der Waals surface area (Å²) in [5, 5.41) is 3.02. The zero-order valence-electron chi connectivity index (χ0n) is 17.3. The van der Waals surface area contributed by atoms with E-state index in [4.69, 9.17) is 19.6 Å². The molecule has 6 rings (SSSR count). The van der Waals surface area contributed by atoms with Gasteiger partial charge in [-0.25, -0.2) is 0 Å². The Morgan fingerprint density at radius 2 is 1.50 bits per heavy atom. The number of carbonyl (C=O) groups is 1. The van der Waals surface area contributed by atoms with Crippen molar-refractivity contribution in [3.05, 3.63) is 0 Å². The number of hydrogen-bond donors (Lipinski definition) is 1. The molecule has 0 radical (unpaired) electrons. The minimum atomic E-state index is -0.787. The first-order chi connectivity index (χ1) is 13.5. The van der Waals surface area contributed by atoms with Gasteiger partial charge in [0.2, 0.25) is 17.5 Å². The van der Waals surface area contributed by atoms with E-state index >= 15 is 0 Å². The van der Waals surface area contributed by atoms with E-state index in [1.165, 1.54) is 32.1 Å². The van der Waals surface area contributed by atoms with E-state index in [2.05, 4.69) is 19.2 Å². The molecule has 6 aliphatic rings. The van der Waals surface area contributed by atoms with Gasteiger partial charge in [0.1, 0.15) is 0 Å². The van der Waals surface area contributed by atoms with E-state index in [-0.39, 0.29) is 5.91 Å². The molecule has 6 nitrogen and oxygen atoms in total. The smallest absolute Gasteiger partial charge is 0.239 e. The second-order valence-electron chi connectivity index (χ2n) is 10.6. The largest absolute Gasteiger partial charge is 0.356 e. The third kappa shape index (κ3) is 3.40. The monoisotopic (exact) mass is 393 g/mol. The van der Waals surface area contributed by atoms with Crippen molar-refractivity contribution in [2.24, 2.45) is 35.5 Å². The Kier molecular flexibility index (Phi) is 4.97. The van der Waals surface area contributed by atoms with E-state index in [0.29, 0.717) is 42.9 Å². The van der Waals surface area contributed by atoms with Gasteiger partial charge in [-0.05, 0) is 68.6 Å². The van der Waals surface area contributed by atoms with Crippen LogP contribution in [-0.4, -0.2) is 24.0 Å². The second kappa shape index (κ2) is 7.22. The van der Waals surface area contributed by atoms with Crippen LogP contribution >= 0.6 is 0 Å². The van der Waals surface area contributed by atoms with Crippen LogP contribution in [0.1, 0.15) is 78.1 Å². The molecule has 6 heteroatoms. The van der Waals surface area contributed by atoms with E-state index in [0.717, 1.165) is 31.2 Å². The minimum absolute atomic E-state index is 0.153. The van der Waals surface area contributed by atoms with Gasteiger partial charge in [0.15, 0.2) is 0 Å². The van der Waals surface area contributed by atoms with Gasteiger partial charge in [-0.3, -0.25) is 4.79 Å². The fraction of sp³-hybridized carbons (Fsp3) is 0.955. The van der Waals surface area contributed by atoms with Crippen LogP contribution in [0.2, 0.25) is 0 Å². The van der Waals surface area contributed by atoms with Gasteiger partial charge >= 0.3 is 0 Å². The molecule has 1 heterocycles. The minimum Gasteiger partial charge on any atom is -0.356 e. The fourth-order valence-corrected chi connectivity index (χ4v) is 6.56. The van der Waals surface area contributed by atoms with Crippen LogP contribution in [0, 0.1) is 35.5 Å². The summed E-state index contributed by atoms with van der Waals surface area (Å²) in [6.07, 6.45) is 9.92. The molecule has 0 aromatic heterocycles. The van der Waals surface area contributed by atoms with E-state index in [1.807, 2.05) is 0 Å². The Morgan fingerprint density at radius 3 is 2.04 bits per heavy atom. The van der Waals surface area contributed by atoms with Crippen LogP contribution < -0.4 is 5.32 Å². The van der Waals surface area contributed by atoms with E-state index in [1.54, 1.807) is 0 Å². The molecule has 1 aliphatic heterocycles. The first-order valence-electron chi connectivity index (χ1n) is 11.5. The summed E-state index contributed by atoms with van der Waals surface area (Å²) in [7, 11) is 0. The van der Waals surface area contributed by atoms with Gasteiger partial charge in [0.05, 0.1) is 0 Å². The van der Waals surface area contributed by atoms with Gasteiger partial charge in [-0.1, -0.05) is 13.8 Å². The normalized spacial score (nSPS) is 47.2. The van der Waals surface area contributed by atoms with Crippen molar-refractivity contribution >= 4 is 5.91 Å². The quantitative estimate of drug-likeness (QED) is 0.729.